The van der Waals surface area contributed by atoms with Gasteiger partial charge in [-0.1, -0.05) is 17.7 Å². The number of ether oxygens (including phenoxy) is 1. The largest absolute Gasteiger partial charge is 0.476 e. The van der Waals surface area contributed by atoms with Crippen molar-refractivity contribution in [1.29, 1.82) is 0 Å². The van der Waals surface area contributed by atoms with E-state index in [1.54, 1.807) is 6.92 Å². The topological polar surface area (TPSA) is 9.23 Å². The van der Waals surface area contributed by atoms with Crippen molar-refractivity contribution in [2.75, 3.05) is 0 Å². The summed E-state index contributed by atoms with van der Waals surface area (Å²) < 4.78 is 42.4. The van der Waals surface area contributed by atoms with E-state index in [9.17, 15) is 13.2 Å². The molecule has 0 aromatic heterocycles. The molecule has 0 unspecified atom stereocenters. The van der Waals surface area contributed by atoms with Gasteiger partial charge in [-0.25, -0.2) is 0 Å². The minimum atomic E-state index is -4.36. The predicted octanol–water partition coefficient (Wildman–Crippen LogP) is 3.26. The third kappa shape index (κ3) is 3.06. The molecule has 0 N–H and O–H groups in total. The molecule has 0 amide bonds. The van der Waals surface area contributed by atoms with Gasteiger partial charge in [0.25, 0.3) is 0 Å². The number of rotatable bonds is 0. The summed E-state index contributed by atoms with van der Waals surface area (Å²) in [4.78, 5) is 0. The standard InChI is InChI=1S/C12H11F3O.Na/c1-7-5-8(2)11-9(6-7)3-4-10(16-11)12(13,14)15;/h3-6,10H,1-2H3;/t10-;/m0./s1. The van der Waals surface area contributed by atoms with Crippen molar-refractivity contribution in [2.45, 2.75) is 26.1 Å². The third-order valence-corrected chi connectivity index (χ3v) is 2.47. The Bertz CT molecular complexity index is 452. The van der Waals surface area contributed by atoms with Gasteiger partial charge < -0.3 is 4.74 Å². The molecule has 87 valence electrons. The first-order valence-corrected chi connectivity index (χ1v) is 4.91. The molecule has 1 heterocycles. The van der Waals surface area contributed by atoms with Gasteiger partial charge in [-0.3, -0.25) is 0 Å². The normalized spacial score (nSPS) is 18.1. The second kappa shape index (κ2) is 5.04. The quantitative estimate of drug-likeness (QED) is 0.643. The maximum atomic E-state index is 12.5. The van der Waals surface area contributed by atoms with Gasteiger partial charge in [-0.15, -0.1) is 0 Å². The Kier molecular flexibility index (Phi) is 4.33. The number of halogens is 3. The Labute approximate surface area is 120 Å². The Morgan fingerprint density at radius 2 is 1.82 bits per heavy atom. The van der Waals surface area contributed by atoms with Crippen molar-refractivity contribution >= 4 is 35.6 Å². The summed E-state index contributed by atoms with van der Waals surface area (Å²) in [5.74, 6) is 0.329. The van der Waals surface area contributed by atoms with Crippen LogP contribution in [0.5, 0.6) is 5.75 Å². The van der Waals surface area contributed by atoms with E-state index in [4.69, 9.17) is 4.74 Å². The average molecular weight is 251 g/mol. The first-order chi connectivity index (χ1) is 7.38. The molecule has 1 aromatic carbocycles. The van der Waals surface area contributed by atoms with Gasteiger partial charge in [0.05, 0.1) is 0 Å². The van der Waals surface area contributed by atoms with Crippen LogP contribution in [0.25, 0.3) is 6.08 Å². The summed E-state index contributed by atoms with van der Waals surface area (Å²) in [5.41, 5.74) is 2.45. The maximum absolute atomic E-state index is 12.5. The average Bonchev–Trinajstić information content (AvgIpc) is 2.15. The molecule has 1 atom stereocenters. The molecule has 0 saturated carbocycles. The van der Waals surface area contributed by atoms with E-state index in [-0.39, 0.29) is 29.6 Å². The van der Waals surface area contributed by atoms with Crippen LogP contribution in [-0.2, 0) is 0 Å². The van der Waals surface area contributed by atoms with Crippen LogP contribution in [0.3, 0.4) is 0 Å². The van der Waals surface area contributed by atoms with Gasteiger partial charge in [0.15, 0.2) is 0 Å². The molecule has 0 fully saturated rings. The van der Waals surface area contributed by atoms with E-state index in [2.05, 4.69) is 0 Å². The molecule has 1 radical (unpaired) electrons. The van der Waals surface area contributed by atoms with E-state index in [1.807, 2.05) is 19.1 Å². The fourth-order valence-electron chi connectivity index (χ4n) is 1.81. The van der Waals surface area contributed by atoms with Gasteiger partial charge in [0.2, 0.25) is 6.10 Å². The van der Waals surface area contributed by atoms with Crippen LogP contribution >= 0.6 is 0 Å². The first-order valence-electron chi connectivity index (χ1n) is 4.91. The SMILES string of the molecule is Cc1cc(C)c2c(c1)C=C[C@@H](C(F)(F)F)O2.[Na]. The molecule has 1 nitrogen and oxygen atoms in total. The van der Waals surface area contributed by atoms with E-state index in [1.165, 1.54) is 6.08 Å². The second-order valence-corrected chi connectivity index (χ2v) is 3.94. The zero-order valence-corrected chi connectivity index (χ0v) is 11.9. The molecule has 1 aromatic rings. The summed E-state index contributed by atoms with van der Waals surface area (Å²) in [6, 6.07) is 3.62. The van der Waals surface area contributed by atoms with Gasteiger partial charge in [-0.2, -0.15) is 13.2 Å². The van der Waals surface area contributed by atoms with E-state index >= 15 is 0 Å². The second-order valence-electron chi connectivity index (χ2n) is 3.94. The number of hydrogen-bond acceptors (Lipinski definition) is 1. The summed E-state index contributed by atoms with van der Waals surface area (Å²) in [7, 11) is 0. The van der Waals surface area contributed by atoms with E-state index in [0.717, 1.165) is 17.2 Å². The van der Waals surface area contributed by atoms with Gasteiger partial charge in [0.1, 0.15) is 5.75 Å². The zero-order valence-electron chi connectivity index (χ0n) is 9.93. The third-order valence-electron chi connectivity index (χ3n) is 2.47. The fourth-order valence-corrected chi connectivity index (χ4v) is 1.81. The molecule has 1 aliphatic rings. The molecule has 1 aliphatic heterocycles. The Morgan fingerprint density at radius 1 is 1.18 bits per heavy atom. The Morgan fingerprint density at radius 3 is 2.41 bits per heavy atom. The van der Waals surface area contributed by atoms with Crippen molar-refractivity contribution in [3.8, 4) is 5.75 Å². The Hall–Kier alpha value is -0.450. The van der Waals surface area contributed by atoms with Gasteiger partial charge in [-0.05, 0) is 31.6 Å². The van der Waals surface area contributed by atoms with Crippen LogP contribution in [0.1, 0.15) is 16.7 Å². The molecule has 5 heteroatoms. The smallest absolute Gasteiger partial charge is 0.429 e. The minimum absolute atomic E-state index is 0. The number of hydrogen-bond donors (Lipinski definition) is 0. The maximum Gasteiger partial charge on any atom is 0.429 e. The molecular formula is C12H11F3NaO. The molecular weight excluding hydrogens is 240 g/mol. The van der Waals surface area contributed by atoms with Crippen LogP contribution in [0, 0.1) is 13.8 Å². The molecule has 0 saturated heterocycles. The van der Waals surface area contributed by atoms with E-state index < -0.39 is 12.3 Å². The van der Waals surface area contributed by atoms with Crippen LogP contribution in [0.4, 0.5) is 13.2 Å². The van der Waals surface area contributed by atoms with Crippen LogP contribution in [0.2, 0.25) is 0 Å². The van der Waals surface area contributed by atoms with Gasteiger partial charge in [0, 0.05) is 35.1 Å². The van der Waals surface area contributed by atoms with Gasteiger partial charge >= 0.3 is 6.18 Å². The predicted molar refractivity (Wildman–Crippen MR) is 61.2 cm³/mol. The fraction of sp³-hybridized carbons (Fsp3) is 0.333. The molecule has 0 spiro atoms. The van der Waals surface area contributed by atoms with E-state index in [0.29, 0.717) is 11.3 Å². The summed E-state index contributed by atoms with van der Waals surface area (Å²) >= 11 is 0. The minimum Gasteiger partial charge on any atom is -0.476 e. The monoisotopic (exact) mass is 251 g/mol. The first kappa shape index (κ1) is 14.6. The van der Waals surface area contributed by atoms with Crippen molar-refractivity contribution in [2.24, 2.45) is 0 Å². The number of benzene rings is 1. The summed E-state index contributed by atoms with van der Waals surface area (Å²) in [5, 5.41) is 0. The van der Waals surface area contributed by atoms with Crippen molar-refractivity contribution in [3.05, 3.63) is 34.9 Å². The molecule has 17 heavy (non-hydrogen) atoms. The molecule has 0 aliphatic carbocycles. The van der Waals surface area contributed by atoms with Crippen LogP contribution in [0.15, 0.2) is 18.2 Å². The summed E-state index contributed by atoms with van der Waals surface area (Å²) in [6.45, 7) is 3.65. The summed E-state index contributed by atoms with van der Waals surface area (Å²) in [6.07, 6.45) is -3.68. The van der Waals surface area contributed by atoms with Crippen LogP contribution < -0.4 is 4.74 Å². The van der Waals surface area contributed by atoms with Crippen molar-refractivity contribution in [3.63, 3.8) is 0 Å². The molecule has 0 bridgehead atoms. The Balaban J connectivity index is 0.00000144. The number of fused-ring (bicyclic) bond motifs is 1. The number of alkyl halides is 3. The number of aryl methyl sites for hydroxylation is 2. The van der Waals surface area contributed by atoms with Crippen molar-refractivity contribution in [1.82, 2.24) is 0 Å². The molecule has 2 rings (SSSR count). The van der Waals surface area contributed by atoms with Crippen LogP contribution in [-0.4, -0.2) is 41.8 Å². The zero-order chi connectivity index (χ0) is 11.9. The van der Waals surface area contributed by atoms with Crippen molar-refractivity contribution < 1.29 is 17.9 Å².